The van der Waals surface area contributed by atoms with E-state index >= 15 is 0 Å². The second kappa shape index (κ2) is 12.5. The lowest BCUT2D eigenvalue weighted by Crippen LogP contribution is -2.41. The Kier molecular flexibility index (Phi) is 16.9. The van der Waals surface area contributed by atoms with Gasteiger partial charge in [-0.15, -0.1) is 12.3 Å². The Hall–Kier alpha value is -0.340. The minimum absolute atomic E-state index is 0. The largest absolute Gasteiger partial charge is 0.258 e. The zero-order valence-corrected chi connectivity index (χ0v) is 22.3. The molecule has 0 saturated carbocycles. The average molecular weight is 455 g/mol. The predicted molar refractivity (Wildman–Crippen MR) is 138 cm³/mol. The maximum atomic E-state index is 11.7. The van der Waals surface area contributed by atoms with Gasteiger partial charge in [-0.05, 0) is 104 Å². The molecule has 0 saturated heterocycles. The van der Waals surface area contributed by atoms with Crippen molar-refractivity contribution in [3.05, 3.63) is 0 Å². The van der Waals surface area contributed by atoms with Crippen LogP contribution in [0.4, 0.5) is 0 Å². The van der Waals surface area contributed by atoms with Crippen molar-refractivity contribution in [3.8, 4) is 12.3 Å². The van der Waals surface area contributed by atoms with Crippen LogP contribution in [0.2, 0.25) is 0 Å². The van der Waals surface area contributed by atoms with E-state index in [1.165, 1.54) is 0 Å². The molecule has 0 fully saturated rings. The lowest BCUT2D eigenvalue weighted by Gasteiger charge is -2.29. The van der Waals surface area contributed by atoms with Crippen LogP contribution in [0.15, 0.2) is 0 Å². The summed E-state index contributed by atoms with van der Waals surface area (Å²) in [6, 6.07) is 0. The van der Waals surface area contributed by atoms with Gasteiger partial charge >= 0.3 is 0 Å². The van der Waals surface area contributed by atoms with Gasteiger partial charge < -0.3 is 0 Å². The Morgan fingerprint density at radius 2 is 0.793 bits per heavy atom. The number of hydrogen-bond acceptors (Lipinski definition) is 3. The maximum Gasteiger partial charge on any atom is 0.160 e. The van der Waals surface area contributed by atoms with Crippen LogP contribution < -0.4 is 0 Å². The zero-order chi connectivity index (χ0) is 23.3. The molecule has 0 aromatic carbocycles. The molecule has 3 nitrogen and oxygen atoms in total. The molecule has 180 valence electrons. The van der Waals surface area contributed by atoms with Crippen molar-refractivity contribution in [2.45, 2.75) is 138 Å². The topological polar surface area (TPSA) is 51.2 Å². The minimum atomic E-state index is -3.01. The van der Waals surface area contributed by atoms with Gasteiger partial charge in [0, 0.05) is 25.7 Å². The normalized spacial score (nSPS) is 12.8. The summed E-state index contributed by atoms with van der Waals surface area (Å²) in [7, 11) is -3.77. The Morgan fingerprint density at radius 3 is 0.793 bits per heavy atom. The van der Waals surface area contributed by atoms with E-state index in [-0.39, 0.29) is 29.8 Å². The molecule has 0 radical (unpaired) electrons. The lowest BCUT2D eigenvalue weighted by atomic mass is 9.99. The molecule has 5 heteroatoms. The Bertz CT molecular complexity index is 566. The molecule has 0 N–H and O–H groups in total. The summed E-state index contributed by atoms with van der Waals surface area (Å²) in [4.78, 5) is 0. The molecule has 0 amide bonds. The summed E-state index contributed by atoms with van der Waals surface area (Å²) in [6.07, 6.45) is 5.06. The Labute approximate surface area is 188 Å². The summed E-state index contributed by atoms with van der Waals surface area (Å²) in [6.45, 7) is 28.4. The summed E-state index contributed by atoms with van der Waals surface area (Å²) in [5.74, 6) is 2.60. The van der Waals surface area contributed by atoms with Gasteiger partial charge in [-0.2, -0.15) is 0 Å². The van der Waals surface area contributed by atoms with Crippen molar-refractivity contribution >= 4 is 20.6 Å². The van der Waals surface area contributed by atoms with Crippen molar-refractivity contribution in [2.24, 2.45) is 5.41 Å². The fourth-order valence-corrected chi connectivity index (χ4v) is 5.51. The van der Waals surface area contributed by atoms with Gasteiger partial charge in [0.15, 0.2) is 9.84 Å². The first-order valence-electron chi connectivity index (χ1n) is 9.36. The van der Waals surface area contributed by atoms with Crippen LogP contribution in [-0.4, -0.2) is 31.6 Å². The van der Waals surface area contributed by atoms with Crippen LogP contribution in [0.5, 0.6) is 0 Å². The Morgan fingerprint density at radius 1 is 0.621 bits per heavy atom. The van der Waals surface area contributed by atoms with E-state index in [0.717, 1.165) is 0 Å². The van der Waals surface area contributed by atoms with Crippen LogP contribution >= 0.6 is 0 Å². The maximum absolute atomic E-state index is 11.7. The van der Waals surface area contributed by atoms with E-state index in [0.29, 0.717) is 0 Å². The van der Waals surface area contributed by atoms with E-state index in [2.05, 4.69) is 5.92 Å². The molecule has 0 aromatic heterocycles. The first-order valence-corrected chi connectivity index (χ1v) is 12.0. The van der Waals surface area contributed by atoms with Crippen LogP contribution in [-0.2, 0) is 20.6 Å². The van der Waals surface area contributed by atoms with Gasteiger partial charge in [0.2, 0.25) is 0 Å². The fraction of sp³-hybridized carbons (Fsp3) is 0.917. The summed E-state index contributed by atoms with van der Waals surface area (Å²) in [5.41, 5.74) is 0.0694. The predicted octanol–water partition coefficient (Wildman–Crippen LogP) is 7.27. The zero-order valence-electron chi connectivity index (χ0n) is 20.6. The first-order chi connectivity index (χ1) is 11.2. The molecule has 0 atom stereocenters. The van der Waals surface area contributed by atoms with Crippen LogP contribution in [0.1, 0.15) is 119 Å². The fourth-order valence-electron chi connectivity index (χ4n) is 1.84. The average Bonchev–Trinajstić information content (AvgIpc) is 2.33. The highest BCUT2D eigenvalue weighted by Gasteiger charge is 2.39. The molecule has 0 aliphatic rings. The molecule has 0 heterocycles. The second-order valence-corrected chi connectivity index (χ2v) is 18.1. The number of hydrogen-bond donors (Lipinski definition) is 0. The van der Waals surface area contributed by atoms with E-state index in [9.17, 15) is 12.6 Å². The summed E-state index contributed by atoms with van der Waals surface area (Å²) in [5, 5.41) is 0. The van der Waals surface area contributed by atoms with Crippen LogP contribution in [0.3, 0.4) is 0 Å². The number of terminal acetylenes is 1. The van der Waals surface area contributed by atoms with E-state index in [4.69, 9.17) is 6.42 Å². The van der Waals surface area contributed by atoms with E-state index in [1.807, 2.05) is 62.3 Å². The lowest BCUT2D eigenvalue weighted by molar-refractivity contribution is 0.525. The van der Waals surface area contributed by atoms with Crippen molar-refractivity contribution in [1.29, 1.82) is 0 Å². The Balaban J connectivity index is -0.0000000997. The van der Waals surface area contributed by atoms with Crippen molar-refractivity contribution in [1.82, 2.24) is 0 Å². The molecule has 0 unspecified atom stereocenters. The molecule has 0 aliphatic heterocycles. The smallest absolute Gasteiger partial charge is 0.160 e. The van der Waals surface area contributed by atoms with E-state index in [1.54, 1.807) is 41.5 Å². The summed E-state index contributed by atoms with van der Waals surface area (Å²) < 4.78 is 33.5. The third-order valence-electron chi connectivity index (χ3n) is 3.16. The highest BCUT2D eigenvalue weighted by Crippen LogP contribution is 2.28. The molecule has 0 spiro atoms. The van der Waals surface area contributed by atoms with Gasteiger partial charge in [0.1, 0.15) is 0 Å². The second-order valence-electron chi connectivity index (χ2n) is 11.6. The van der Waals surface area contributed by atoms with Gasteiger partial charge in [-0.1, -0.05) is 14.9 Å². The van der Waals surface area contributed by atoms with Crippen LogP contribution in [0, 0.1) is 17.8 Å². The molecular formula is C24H54O3S2. The SMILES string of the molecule is C.C.C#CC(C)(C)C.CC(C)(C)S(=O)(=O)C(C)(C)C.CC(C)(C)S(=O)C(C)(C)C. The minimum Gasteiger partial charge on any atom is -0.258 e. The molecule has 0 rings (SSSR count). The summed E-state index contributed by atoms with van der Waals surface area (Å²) >= 11 is 0. The van der Waals surface area contributed by atoms with Crippen LogP contribution in [0.25, 0.3) is 0 Å². The van der Waals surface area contributed by atoms with Crippen molar-refractivity contribution < 1.29 is 12.6 Å². The number of sulfone groups is 1. The van der Waals surface area contributed by atoms with E-state index < -0.39 is 30.1 Å². The molecule has 29 heavy (non-hydrogen) atoms. The first kappa shape index (κ1) is 39.2. The standard InChI is InChI=1S/C8H18O2S.C8H18OS.C6H10.2CH4/c1-7(2,3)11(9,10)8(4,5)6;1-7(2,3)10(9)8(4,5)6;1-5-6(2,3)4;;/h1-6H3;1-6H3;1H,2-4H3;2*1H4. The third kappa shape index (κ3) is 17.1. The molecule has 0 aliphatic carbocycles. The molecule has 0 aromatic rings. The molecular weight excluding hydrogens is 400 g/mol. The monoisotopic (exact) mass is 454 g/mol. The number of rotatable bonds is 0. The highest BCUT2D eigenvalue weighted by atomic mass is 32.2. The van der Waals surface area contributed by atoms with Gasteiger partial charge in [-0.3, -0.25) is 4.21 Å². The molecule has 0 bridgehead atoms. The van der Waals surface area contributed by atoms with Gasteiger partial charge in [-0.25, -0.2) is 8.42 Å². The van der Waals surface area contributed by atoms with Gasteiger partial charge in [0.05, 0.1) is 9.49 Å². The highest BCUT2D eigenvalue weighted by molar-refractivity contribution is 7.94. The van der Waals surface area contributed by atoms with Crippen molar-refractivity contribution in [3.63, 3.8) is 0 Å². The third-order valence-corrected chi connectivity index (χ3v) is 8.61. The quantitative estimate of drug-likeness (QED) is 0.362. The van der Waals surface area contributed by atoms with Crippen molar-refractivity contribution in [2.75, 3.05) is 0 Å². The van der Waals surface area contributed by atoms with Gasteiger partial charge in [0.25, 0.3) is 0 Å².